The molecule has 1 aromatic heterocycles. The summed E-state index contributed by atoms with van der Waals surface area (Å²) in [7, 11) is -3.76. The van der Waals surface area contributed by atoms with Crippen LogP contribution in [0, 0.1) is 5.92 Å². The van der Waals surface area contributed by atoms with Gasteiger partial charge in [-0.3, -0.25) is 4.79 Å². The van der Waals surface area contributed by atoms with Crippen molar-refractivity contribution in [2.45, 2.75) is 37.1 Å². The fourth-order valence-corrected chi connectivity index (χ4v) is 6.87. The van der Waals surface area contributed by atoms with Crippen LogP contribution >= 0.6 is 11.7 Å². The van der Waals surface area contributed by atoms with Gasteiger partial charge in [-0.15, -0.1) is 0 Å². The number of piperidine rings is 1. The van der Waals surface area contributed by atoms with Gasteiger partial charge in [-0.2, -0.15) is 13.1 Å². The van der Waals surface area contributed by atoms with Gasteiger partial charge in [0.1, 0.15) is 15.9 Å². The largest absolute Gasteiger partial charge is 0.309 e. The Morgan fingerprint density at radius 2 is 1.97 bits per heavy atom. The Morgan fingerprint density at radius 3 is 2.83 bits per heavy atom. The lowest BCUT2D eigenvalue weighted by molar-refractivity contribution is -0.123. The van der Waals surface area contributed by atoms with Crippen LogP contribution in [0.25, 0.3) is 11.0 Å². The van der Waals surface area contributed by atoms with Gasteiger partial charge < -0.3 is 4.90 Å². The Balaban J connectivity index is 1.42. The van der Waals surface area contributed by atoms with Gasteiger partial charge in [0.15, 0.2) is 0 Å². The van der Waals surface area contributed by atoms with Crippen LogP contribution in [-0.2, 0) is 21.2 Å². The molecule has 0 N–H and O–H groups in total. The summed E-state index contributed by atoms with van der Waals surface area (Å²) in [5.41, 5.74) is 3.10. The summed E-state index contributed by atoms with van der Waals surface area (Å²) in [5, 5.41) is 0. The molecule has 1 amide bonds. The molecule has 2 aliphatic rings. The third-order valence-corrected chi connectivity index (χ3v) is 8.48. The third kappa shape index (κ3) is 3.12. The van der Waals surface area contributed by atoms with E-state index in [1.165, 1.54) is 9.87 Å². The van der Waals surface area contributed by atoms with Crippen molar-refractivity contribution < 1.29 is 13.2 Å². The number of sulfonamides is 1. The minimum absolute atomic E-state index is 0.0147. The van der Waals surface area contributed by atoms with E-state index < -0.39 is 10.0 Å². The Labute approximate surface area is 179 Å². The minimum atomic E-state index is -3.76. The van der Waals surface area contributed by atoms with E-state index in [1.54, 1.807) is 18.2 Å². The average Bonchev–Trinajstić information content (AvgIpc) is 3.36. The van der Waals surface area contributed by atoms with Crippen LogP contribution in [0.5, 0.6) is 0 Å². The molecule has 0 saturated carbocycles. The lowest BCUT2D eigenvalue weighted by Gasteiger charge is -2.34. The van der Waals surface area contributed by atoms with Crippen molar-refractivity contribution >= 4 is 44.4 Å². The van der Waals surface area contributed by atoms with Gasteiger partial charge in [0.25, 0.3) is 0 Å². The Hall–Kier alpha value is -2.36. The first-order valence-electron chi connectivity index (χ1n) is 10.1. The molecule has 0 aliphatic carbocycles. The van der Waals surface area contributed by atoms with Crippen LogP contribution in [-0.4, -0.2) is 46.5 Å². The number of carbonyl (C=O) groups is 1. The monoisotopic (exact) mass is 442 g/mol. The first kappa shape index (κ1) is 19.6. The van der Waals surface area contributed by atoms with Crippen LogP contribution in [0.4, 0.5) is 5.69 Å². The van der Waals surface area contributed by atoms with Crippen LogP contribution in [0.15, 0.2) is 47.4 Å². The first-order chi connectivity index (χ1) is 14.5. The summed E-state index contributed by atoms with van der Waals surface area (Å²) in [5.74, 6) is -0.337. The summed E-state index contributed by atoms with van der Waals surface area (Å²) >= 11 is 1.00. The molecular weight excluding hydrogens is 420 g/mol. The van der Waals surface area contributed by atoms with Gasteiger partial charge in [-0.05, 0) is 49.9 Å². The lowest BCUT2D eigenvalue weighted by atomic mass is 9.97. The van der Waals surface area contributed by atoms with E-state index in [4.69, 9.17) is 0 Å². The predicted octanol–water partition coefficient (Wildman–Crippen LogP) is 3.07. The van der Waals surface area contributed by atoms with Crippen LogP contribution in [0.2, 0.25) is 0 Å². The SMILES string of the molecule is C[C@H]1Cc2ccccc2N1C(=O)[C@@H]1CCCN(S(=O)(=O)c2cccc3nsnc23)C1. The number of aromatic nitrogens is 2. The Bertz CT molecular complexity index is 1220. The van der Waals surface area contributed by atoms with Gasteiger partial charge >= 0.3 is 0 Å². The number of amides is 1. The zero-order valence-corrected chi connectivity index (χ0v) is 18.2. The molecule has 1 fully saturated rings. The smallest absolute Gasteiger partial charge is 0.245 e. The molecule has 3 aromatic rings. The summed E-state index contributed by atoms with van der Waals surface area (Å²) in [6.07, 6.45) is 2.18. The second-order valence-corrected chi connectivity index (χ2v) is 10.4. The molecule has 9 heteroatoms. The van der Waals surface area contributed by atoms with Crippen LogP contribution in [0.3, 0.4) is 0 Å². The summed E-state index contributed by atoms with van der Waals surface area (Å²) in [4.78, 5) is 15.5. The highest BCUT2D eigenvalue weighted by Crippen LogP contribution is 2.35. The zero-order chi connectivity index (χ0) is 20.9. The van der Waals surface area contributed by atoms with Gasteiger partial charge in [0.05, 0.1) is 17.6 Å². The Kier molecular flexibility index (Phi) is 4.83. The predicted molar refractivity (Wildman–Crippen MR) is 116 cm³/mol. The molecule has 1 saturated heterocycles. The molecule has 0 spiro atoms. The second-order valence-electron chi connectivity index (χ2n) is 7.98. The quantitative estimate of drug-likeness (QED) is 0.623. The number of benzene rings is 2. The summed E-state index contributed by atoms with van der Waals surface area (Å²) in [6.45, 7) is 2.65. The van der Waals surface area contributed by atoms with Gasteiger partial charge in [-0.1, -0.05) is 24.3 Å². The standard InChI is InChI=1S/C21H22N4O3S2/c1-14-12-15-6-2-3-9-18(15)25(14)21(26)16-7-5-11-24(13-16)30(27,28)19-10-4-8-17-20(19)23-29-22-17/h2-4,6,8-10,14,16H,5,7,11-13H2,1H3/t14-,16+/m0/s1. The highest BCUT2D eigenvalue weighted by atomic mass is 32.2. The van der Waals surface area contributed by atoms with E-state index in [-0.39, 0.29) is 29.3 Å². The van der Waals surface area contributed by atoms with E-state index in [0.717, 1.165) is 23.8 Å². The number of carbonyl (C=O) groups excluding carboxylic acids is 1. The molecule has 30 heavy (non-hydrogen) atoms. The molecule has 7 nitrogen and oxygen atoms in total. The number of rotatable bonds is 3. The zero-order valence-electron chi connectivity index (χ0n) is 16.6. The highest BCUT2D eigenvalue weighted by molar-refractivity contribution is 7.89. The number of nitrogens with zero attached hydrogens (tertiary/aromatic N) is 4. The maximum absolute atomic E-state index is 13.4. The molecule has 2 aromatic carbocycles. The molecule has 156 valence electrons. The van der Waals surface area contributed by atoms with Crippen molar-refractivity contribution in [1.82, 2.24) is 13.1 Å². The van der Waals surface area contributed by atoms with Gasteiger partial charge in [-0.25, -0.2) is 8.42 Å². The maximum atomic E-state index is 13.4. The number of hydrogen-bond donors (Lipinski definition) is 0. The molecular formula is C21H22N4O3S2. The molecule has 0 unspecified atom stereocenters. The molecule has 2 atom stereocenters. The number of para-hydroxylation sites is 1. The van der Waals surface area contributed by atoms with Crippen molar-refractivity contribution in [2.24, 2.45) is 5.92 Å². The normalized spacial score (nSPS) is 22.4. The summed E-state index contributed by atoms with van der Waals surface area (Å²) in [6, 6.07) is 13.1. The fraction of sp³-hybridized carbons (Fsp3) is 0.381. The topological polar surface area (TPSA) is 83.5 Å². The first-order valence-corrected chi connectivity index (χ1v) is 12.3. The van der Waals surface area contributed by atoms with Crippen LogP contribution in [0.1, 0.15) is 25.3 Å². The van der Waals surface area contributed by atoms with E-state index in [2.05, 4.69) is 14.8 Å². The average molecular weight is 443 g/mol. The summed E-state index contributed by atoms with van der Waals surface area (Å²) < 4.78 is 36.6. The second kappa shape index (κ2) is 7.40. The number of anilines is 1. The van der Waals surface area contributed by atoms with E-state index >= 15 is 0 Å². The molecule has 5 rings (SSSR count). The van der Waals surface area contributed by atoms with Crippen molar-refractivity contribution in [1.29, 1.82) is 0 Å². The van der Waals surface area contributed by atoms with Crippen LogP contribution < -0.4 is 4.90 Å². The molecule has 0 radical (unpaired) electrons. The van der Waals surface area contributed by atoms with Crippen molar-refractivity contribution in [3.63, 3.8) is 0 Å². The fourth-order valence-electron chi connectivity index (χ4n) is 4.59. The van der Waals surface area contributed by atoms with E-state index in [9.17, 15) is 13.2 Å². The van der Waals surface area contributed by atoms with E-state index in [1.807, 2.05) is 30.0 Å². The minimum Gasteiger partial charge on any atom is -0.309 e. The van der Waals surface area contributed by atoms with Crippen molar-refractivity contribution in [3.8, 4) is 0 Å². The lowest BCUT2D eigenvalue weighted by Crippen LogP contribution is -2.48. The molecule has 2 aliphatic heterocycles. The molecule has 3 heterocycles. The Morgan fingerprint density at radius 1 is 1.13 bits per heavy atom. The van der Waals surface area contributed by atoms with Crippen molar-refractivity contribution in [3.05, 3.63) is 48.0 Å². The van der Waals surface area contributed by atoms with E-state index in [0.29, 0.717) is 30.4 Å². The molecule has 0 bridgehead atoms. The third-order valence-electron chi connectivity index (χ3n) is 6.04. The number of hydrogen-bond acceptors (Lipinski definition) is 6. The van der Waals surface area contributed by atoms with Crippen molar-refractivity contribution in [2.75, 3.05) is 18.0 Å². The number of fused-ring (bicyclic) bond motifs is 2. The maximum Gasteiger partial charge on any atom is 0.245 e. The highest BCUT2D eigenvalue weighted by Gasteiger charge is 2.39. The van der Waals surface area contributed by atoms with Gasteiger partial charge in [0, 0.05) is 24.8 Å². The van der Waals surface area contributed by atoms with Gasteiger partial charge in [0.2, 0.25) is 15.9 Å².